The fourth-order valence-corrected chi connectivity index (χ4v) is 1.45. The molecule has 0 aliphatic carbocycles. The molecule has 1 aromatic carbocycles. The standard InChI is InChI=1S/C11H13NO/c1-8-5-11(13-7-8)9-3-2-4-10(12)6-9/h2-6,8H,7,12H2,1H3. The van der Waals surface area contributed by atoms with Gasteiger partial charge in [0.25, 0.3) is 0 Å². The fourth-order valence-electron chi connectivity index (χ4n) is 1.45. The van der Waals surface area contributed by atoms with Crippen LogP contribution in [0.3, 0.4) is 0 Å². The molecule has 2 rings (SSSR count). The van der Waals surface area contributed by atoms with Crippen LogP contribution in [0.1, 0.15) is 12.5 Å². The Morgan fingerprint density at radius 2 is 2.31 bits per heavy atom. The van der Waals surface area contributed by atoms with E-state index in [2.05, 4.69) is 13.0 Å². The predicted octanol–water partition coefficient (Wildman–Crippen LogP) is 2.28. The molecule has 0 aromatic heterocycles. The SMILES string of the molecule is CC1C=C(c2cccc(N)c2)OC1. The van der Waals surface area contributed by atoms with Crippen LogP contribution < -0.4 is 5.73 Å². The Morgan fingerprint density at radius 3 is 2.92 bits per heavy atom. The summed E-state index contributed by atoms with van der Waals surface area (Å²) in [6.45, 7) is 2.92. The van der Waals surface area contributed by atoms with E-state index in [0.717, 1.165) is 23.6 Å². The lowest BCUT2D eigenvalue weighted by atomic mass is 10.1. The molecule has 2 N–H and O–H groups in total. The number of nitrogens with two attached hydrogens (primary N) is 1. The molecule has 0 amide bonds. The van der Waals surface area contributed by atoms with Gasteiger partial charge in [-0.1, -0.05) is 19.1 Å². The summed E-state index contributed by atoms with van der Waals surface area (Å²) in [5.74, 6) is 1.47. The molecule has 1 heterocycles. The van der Waals surface area contributed by atoms with Crippen molar-refractivity contribution < 1.29 is 4.74 Å². The van der Waals surface area contributed by atoms with Crippen LogP contribution in [0.4, 0.5) is 5.69 Å². The van der Waals surface area contributed by atoms with E-state index in [0.29, 0.717) is 5.92 Å². The predicted molar refractivity (Wildman–Crippen MR) is 53.9 cm³/mol. The normalized spacial score (nSPS) is 21.0. The van der Waals surface area contributed by atoms with Crippen LogP contribution in [0, 0.1) is 5.92 Å². The summed E-state index contributed by atoms with van der Waals surface area (Å²) < 4.78 is 5.51. The number of benzene rings is 1. The van der Waals surface area contributed by atoms with E-state index in [1.54, 1.807) is 0 Å². The Hall–Kier alpha value is -1.44. The van der Waals surface area contributed by atoms with Crippen molar-refractivity contribution in [2.45, 2.75) is 6.92 Å². The van der Waals surface area contributed by atoms with Gasteiger partial charge in [-0.2, -0.15) is 0 Å². The summed E-state index contributed by atoms with van der Waals surface area (Å²) in [7, 11) is 0. The van der Waals surface area contributed by atoms with Gasteiger partial charge in [-0.15, -0.1) is 0 Å². The van der Waals surface area contributed by atoms with Crippen LogP contribution in [0.25, 0.3) is 5.76 Å². The van der Waals surface area contributed by atoms with Crippen LogP contribution in [0.5, 0.6) is 0 Å². The Morgan fingerprint density at radius 1 is 1.46 bits per heavy atom. The van der Waals surface area contributed by atoms with E-state index in [1.165, 1.54) is 0 Å². The van der Waals surface area contributed by atoms with Crippen molar-refractivity contribution in [3.05, 3.63) is 35.9 Å². The van der Waals surface area contributed by atoms with E-state index in [1.807, 2.05) is 24.3 Å². The summed E-state index contributed by atoms with van der Waals surface area (Å²) in [4.78, 5) is 0. The van der Waals surface area contributed by atoms with Crippen LogP contribution in [-0.2, 0) is 4.74 Å². The zero-order valence-corrected chi connectivity index (χ0v) is 7.66. The minimum Gasteiger partial charge on any atom is -0.493 e. The maximum Gasteiger partial charge on any atom is 0.123 e. The first-order valence-corrected chi connectivity index (χ1v) is 4.46. The average molecular weight is 175 g/mol. The van der Waals surface area contributed by atoms with Gasteiger partial charge >= 0.3 is 0 Å². The lowest BCUT2D eigenvalue weighted by Crippen LogP contribution is -1.91. The topological polar surface area (TPSA) is 35.2 Å². The third-order valence-electron chi connectivity index (χ3n) is 2.11. The van der Waals surface area contributed by atoms with E-state index in [9.17, 15) is 0 Å². The Balaban J connectivity index is 2.31. The second kappa shape index (κ2) is 3.13. The maximum absolute atomic E-state index is 5.68. The number of nitrogen functional groups attached to an aromatic ring is 1. The highest BCUT2D eigenvalue weighted by Gasteiger charge is 2.13. The minimum absolute atomic E-state index is 0.511. The zero-order chi connectivity index (χ0) is 9.26. The summed E-state index contributed by atoms with van der Waals surface area (Å²) in [6.07, 6.45) is 2.13. The van der Waals surface area contributed by atoms with Crippen molar-refractivity contribution in [3.63, 3.8) is 0 Å². The molecular formula is C11H13NO. The Bertz CT molecular complexity index is 344. The molecule has 68 valence electrons. The molecule has 0 bridgehead atoms. The van der Waals surface area contributed by atoms with Gasteiger partial charge in [-0.05, 0) is 18.2 Å². The Labute approximate surface area is 78.0 Å². The number of anilines is 1. The largest absolute Gasteiger partial charge is 0.493 e. The molecule has 0 fully saturated rings. The molecule has 1 unspecified atom stereocenters. The number of hydrogen-bond donors (Lipinski definition) is 1. The lowest BCUT2D eigenvalue weighted by Gasteiger charge is -2.03. The zero-order valence-electron chi connectivity index (χ0n) is 7.66. The summed E-state index contributed by atoms with van der Waals surface area (Å²) in [6, 6.07) is 7.77. The first-order valence-electron chi connectivity index (χ1n) is 4.46. The number of rotatable bonds is 1. The number of hydrogen-bond acceptors (Lipinski definition) is 2. The second-order valence-corrected chi connectivity index (χ2v) is 3.44. The van der Waals surface area contributed by atoms with Gasteiger partial charge in [0, 0.05) is 17.2 Å². The maximum atomic E-state index is 5.68. The van der Waals surface area contributed by atoms with Crippen molar-refractivity contribution in [3.8, 4) is 0 Å². The summed E-state index contributed by atoms with van der Waals surface area (Å²) in [5, 5.41) is 0. The highest BCUT2D eigenvalue weighted by Crippen LogP contribution is 2.25. The molecule has 0 spiro atoms. The molecule has 2 heteroatoms. The van der Waals surface area contributed by atoms with Crippen molar-refractivity contribution in [1.29, 1.82) is 0 Å². The third-order valence-corrected chi connectivity index (χ3v) is 2.11. The van der Waals surface area contributed by atoms with Crippen LogP contribution in [0.15, 0.2) is 30.3 Å². The van der Waals surface area contributed by atoms with E-state index in [-0.39, 0.29) is 0 Å². The van der Waals surface area contributed by atoms with Crippen LogP contribution >= 0.6 is 0 Å². The quantitative estimate of drug-likeness (QED) is 0.664. The summed E-state index contributed by atoms with van der Waals surface area (Å²) >= 11 is 0. The monoisotopic (exact) mass is 175 g/mol. The van der Waals surface area contributed by atoms with E-state index >= 15 is 0 Å². The highest BCUT2D eigenvalue weighted by atomic mass is 16.5. The van der Waals surface area contributed by atoms with Gasteiger partial charge in [0.15, 0.2) is 0 Å². The highest BCUT2D eigenvalue weighted by molar-refractivity contribution is 5.64. The molecule has 1 aliphatic rings. The minimum atomic E-state index is 0.511. The first-order chi connectivity index (χ1) is 6.25. The first kappa shape index (κ1) is 8.17. The third kappa shape index (κ3) is 1.66. The van der Waals surface area contributed by atoms with Crippen molar-refractivity contribution in [1.82, 2.24) is 0 Å². The average Bonchev–Trinajstić information content (AvgIpc) is 2.52. The molecule has 1 atom stereocenters. The Kier molecular flexibility index (Phi) is 1.97. The lowest BCUT2D eigenvalue weighted by molar-refractivity contribution is 0.278. The molecule has 1 aromatic rings. The van der Waals surface area contributed by atoms with Gasteiger partial charge in [-0.25, -0.2) is 0 Å². The smallest absolute Gasteiger partial charge is 0.123 e. The fraction of sp³-hybridized carbons (Fsp3) is 0.273. The molecule has 0 radical (unpaired) electrons. The van der Waals surface area contributed by atoms with Crippen LogP contribution in [0.2, 0.25) is 0 Å². The van der Waals surface area contributed by atoms with E-state index < -0.39 is 0 Å². The summed E-state index contributed by atoms with van der Waals surface area (Å²) in [5.41, 5.74) is 7.53. The van der Waals surface area contributed by atoms with E-state index in [4.69, 9.17) is 10.5 Å². The van der Waals surface area contributed by atoms with Gasteiger partial charge in [-0.3, -0.25) is 0 Å². The van der Waals surface area contributed by atoms with Crippen molar-refractivity contribution in [2.75, 3.05) is 12.3 Å². The van der Waals surface area contributed by atoms with Crippen LogP contribution in [-0.4, -0.2) is 6.61 Å². The molecule has 1 aliphatic heterocycles. The van der Waals surface area contributed by atoms with Gasteiger partial charge < -0.3 is 10.5 Å². The molecule has 2 nitrogen and oxygen atoms in total. The number of ether oxygens (including phenoxy) is 1. The van der Waals surface area contributed by atoms with Gasteiger partial charge in [0.1, 0.15) is 5.76 Å². The second-order valence-electron chi connectivity index (χ2n) is 3.44. The van der Waals surface area contributed by atoms with Gasteiger partial charge in [0.05, 0.1) is 6.61 Å². The van der Waals surface area contributed by atoms with Crippen molar-refractivity contribution in [2.24, 2.45) is 5.92 Å². The molecule has 0 saturated heterocycles. The molecule has 13 heavy (non-hydrogen) atoms. The molecule has 0 saturated carbocycles. The van der Waals surface area contributed by atoms with Crippen molar-refractivity contribution >= 4 is 11.4 Å². The molecular weight excluding hydrogens is 162 g/mol. The van der Waals surface area contributed by atoms with Gasteiger partial charge in [0.2, 0.25) is 0 Å².